The van der Waals surface area contributed by atoms with Gasteiger partial charge in [0.1, 0.15) is 0 Å². The van der Waals surface area contributed by atoms with Gasteiger partial charge in [0, 0.05) is 12.1 Å². The molecule has 18 heavy (non-hydrogen) atoms. The van der Waals surface area contributed by atoms with E-state index in [2.05, 4.69) is 4.90 Å². The predicted molar refractivity (Wildman–Crippen MR) is 72.5 cm³/mol. The fraction of sp³-hybridized carbons (Fsp3) is 0.933. The van der Waals surface area contributed by atoms with Crippen molar-refractivity contribution in [3.05, 3.63) is 0 Å². The van der Waals surface area contributed by atoms with Crippen LogP contribution in [0.2, 0.25) is 0 Å². The molecule has 0 aromatic heterocycles. The van der Waals surface area contributed by atoms with E-state index < -0.39 is 0 Å². The van der Waals surface area contributed by atoms with Crippen LogP contribution in [0.1, 0.15) is 64.2 Å². The molecule has 2 rings (SSSR count). The summed E-state index contributed by atoms with van der Waals surface area (Å²) in [6.07, 6.45) is 13.1. The normalized spacial score (nSPS) is 23.2. The minimum absolute atomic E-state index is 0.0638. The van der Waals surface area contributed by atoms with Gasteiger partial charge >= 0.3 is 5.97 Å². The first kappa shape index (κ1) is 13.9. The average Bonchev–Trinajstić information content (AvgIpc) is 2.46. The molecule has 0 bridgehead atoms. The van der Waals surface area contributed by atoms with Crippen molar-refractivity contribution >= 4 is 5.97 Å². The van der Waals surface area contributed by atoms with Gasteiger partial charge in [0.2, 0.25) is 0 Å². The lowest BCUT2D eigenvalue weighted by atomic mass is 9.88. The first-order valence-corrected chi connectivity index (χ1v) is 7.64. The molecule has 0 unspecified atom stereocenters. The van der Waals surface area contributed by atoms with Crippen LogP contribution < -0.4 is 0 Å². The molecule has 104 valence electrons. The van der Waals surface area contributed by atoms with Crippen molar-refractivity contribution in [3.8, 4) is 0 Å². The van der Waals surface area contributed by atoms with Gasteiger partial charge in [-0.25, -0.2) is 0 Å². The number of methoxy groups -OCH3 is 1. The Kier molecular flexibility index (Phi) is 5.48. The van der Waals surface area contributed by atoms with Gasteiger partial charge in [0.05, 0.1) is 13.7 Å². The van der Waals surface area contributed by atoms with Crippen molar-refractivity contribution in [1.29, 1.82) is 0 Å². The van der Waals surface area contributed by atoms with Gasteiger partial charge in [-0.1, -0.05) is 38.5 Å². The Bertz CT molecular complexity index is 237. The SMILES string of the molecule is COC(=O)CN(C1CCCCC1)C1CCCCC1. The second-order valence-corrected chi connectivity index (χ2v) is 5.83. The quantitative estimate of drug-likeness (QED) is 0.721. The van der Waals surface area contributed by atoms with Crippen LogP contribution in [0.4, 0.5) is 0 Å². The Morgan fingerprint density at radius 2 is 1.39 bits per heavy atom. The molecule has 0 aromatic rings. The molecule has 2 aliphatic rings. The number of nitrogens with zero attached hydrogens (tertiary/aromatic N) is 1. The largest absolute Gasteiger partial charge is 0.468 e. The number of rotatable bonds is 4. The maximum atomic E-state index is 11.6. The summed E-state index contributed by atoms with van der Waals surface area (Å²) in [5.74, 6) is -0.0638. The molecule has 3 heteroatoms. The molecule has 0 aromatic carbocycles. The third-order valence-corrected chi connectivity index (χ3v) is 4.63. The molecule has 0 aliphatic heterocycles. The van der Waals surface area contributed by atoms with Crippen molar-refractivity contribution in [3.63, 3.8) is 0 Å². The Morgan fingerprint density at radius 3 is 1.78 bits per heavy atom. The van der Waals surface area contributed by atoms with Gasteiger partial charge in [-0.15, -0.1) is 0 Å². The van der Waals surface area contributed by atoms with Crippen LogP contribution in [0.25, 0.3) is 0 Å². The number of ether oxygens (including phenoxy) is 1. The van der Waals surface area contributed by atoms with Gasteiger partial charge < -0.3 is 4.74 Å². The van der Waals surface area contributed by atoms with Crippen LogP contribution in [0.5, 0.6) is 0 Å². The summed E-state index contributed by atoms with van der Waals surface area (Å²) in [4.78, 5) is 14.1. The van der Waals surface area contributed by atoms with Gasteiger partial charge in [-0.05, 0) is 25.7 Å². The van der Waals surface area contributed by atoms with E-state index in [0.29, 0.717) is 18.6 Å². The van der Waals surface area contributed by atoms with E-state index in [9.17, 15) is 4.79 Å². The van der Waals surface area contributed by atoms with Gasteiger partial charge in [-0.2, -0.15) is 0 Å². The molecule has 0 heterocycles. The van der Waals surface area contributed by atoms with Crippen molar-refractivity contribution in [2.45, 2.75) is 76.3 Å². The first-order valence-electron chi connectivity index (χ1n) is 7.64. The Labute approximate surface area is 111 Å². The van der Waals surface area contributed by atoms with Crippen molar-refractivity contribution in [1.82, 2.24) is 4.90 Å². The minimum Gasteiger partial charge on any atom is -0.468 e. The van der Waals surface area contributed by atoms with E-state index >= 15 is 0 Å². The highest BCUT2D eigenvalue weighted by atomic mass is 16.5. The first-order chi connectivity index (χ1) is 8.81. The monoisotopic (exact) mass is 253 g/mol. The maximum absolute atomic E-state index is 11.6. The molecular weight excluding hydrogens is 226 g/mol. The highest BCUT2D eigenvalue weighted by molar-refractivity contribution is 5.71. The standard InChI is InChI=1S/C15H27NO2/c1-18-15(17)12-16(13-8-4-2-5-9-13)14-10-6-3-7-11-14/h13-14H,2-12H2,1H3. The van der Waals surface area contributed by atoms with Crippen LogP contribution >= 0.6 is 0 Å². The fourth-order valence-corrected chi connectivity index (χ4v) is 3.60. The Morgan fingerprint density at radius 1 is 0.944 bits per heavy atom. The zero-order valence-corrected chi connectivity index (χ0v) is 11.7. The Hall–Kier alpha value is -0.570. The molecule has 0 radical (unpaired) electrons. The topological polar surface area (TPSA) is 29.5 Å². The Balaban J connectivity index is 1.97. The predicted octanol–water partition coefficient (Wildman–Crippen LogP) is 3.13. The third kappa shape index (κ3) is 3.71. The number of carbonyl (C=O) groups excluding carboxylic acids is 1. The second-order valence-electron chi connectivity index (χ2n) is 5.83. The van der Waals surface area contributed by atoms with E-state index in [0.717, 1.165) is 0 Å². The third-order valence-electron chi connectivity index (χ3n) is 4.63. The maximum Gasteiger partial charge on any atom is 0.319 e. The van der Waals surface area contributed by atoms with E-state index in [4.69, 9.17) is 4.74 Å². The molecular formula is C15H27NO2. The average molecular weight is 253 g/mol. The van der Waals surface area contributed by atoms with E-state index in [-0.39, 0.29) is 5.97 Å². The van der Waals surface area contributed by atoms with Crippen molar-refractivity contribution in [2.75, 3.05) is 13.7 Å². The molecule has 3 nitrogen and oxygen atoms in total. The molecule has 0 amide bonds. The van der Waals surface area contributed by atoms with Crippen molar-refractivity contribution in [2.24, 2.45) is 0 Å². The lowest BCUT2D eigenvalue weighted by Gasteiger charge is -2.40. The number of carbonyl (C=O) groups is 1. The molecule has 2 fully saturated rings. The lowest BCUT2D eigenvalue weighted by Crippen LogP contribution is -2.47. The number of hydrogen-bond donors (Lipinski definition) is 0. The molecule has 0 atom stereocenters. The lowest BCUT2D eigenvalue weighted by molar-refractivity contribution is -0.143. The minimum atomic E-state index is -0.0638. The highest BCUT2D eigenvalue weighted by Gasteiger charge is 2.30. The summed E-state index contributed by atoms with van der Waals surface area (Å²) in [5.41, 5.74) is 0. The van der Waals surface area contributed by atoms with Gasteiger partial charge in [-0.3, -0.25) is 9.69 Å². The van der Waals surface area contributed by atoms with Crippen LogP contribution in [-0.4, -0.2) is 36.6 Å². The molecule has 0 saturated heterocycles. The van der Waals surface area contributed by atoms with E-state index in [1.54, 1.807) is 0 Å². The molecule has 0 N–H and O–H groups in total. The van der Waals surface area contributed by atoms with Gasteiger partial charge in [0.15, 0.2) is 0 Å². The molecule has 0 spiro atoms. The summed E-state index contributed by atoms with van der Waals surface area (Å²) >= 11 is 0. The molecule has 2 saturated carbocycles. The summed E-state index contributed by atoms with van der Waals surface area (Å²) in [6.45, 7) is 0.506. The van der Waals surface area contributed by atoms with Crippen LogP contribution in [0.15, 0.2) is 0 Å². The summed E-state index contributed by atoms with van der Waals surface area (Å²) in [7, 11) is 1.50. The van der Waals surface area contributed by atoms with Crippen LogP contribution in [-0.2, 0) is 9.53 Å². The fourth-order valence-electron chi connectivity index (χ4n) is 3.60. The van der Waals surface area contributed by atoms with Crippen LogP contribution in [0, 0.1) is 0 Å². The van der Waals surface area contributed by atoms with Gasteiger partial charge in [0.25, 0.3) is 0 Å². The smallest absolute Gasteiger partial charge is 0.319 e. The summed E-state index contributed by atoms with van der Waals surface area (Å²) in [6, 6.07) is 1.25. The highest BCUT2D eigenvalue weighted by Crippen LogP contribution is 2.29. The number of esters is 1. The zero-order chi connectivity index (χ0) is 12.8. The van der Waals surface area contributed by atoms with Crippen molar-refractivity contribution < 1.29 is 9.53 Å². The number of hydrogen-bond acceptors (Lipinski definition) is 3. The second kappa shape index (κ2) is 7.13. The van der Waals surface area contributed by atoms with E-state index in [1.807, 2.05) is 0 Å². The van der Waals surface area contributed by atoms with Crippen LogP contribution in [0.3, 0.4) is 0 Å². The summed E-state index contributed by atoms with van der Waals surface area (Å²) in [5, 5.41) is 0. The molecule has 2 aliphatic carbocycles. The zero-order valence-electron chi connectivity index (χ0n) is 11.7. The summed E-state index contributed by atoms with van der Waals surface area (Å²) < 4.78 is 4.88. The van der Waals surface area contributed by atoms with E-state index in [1.165, 1.54) is 71.3 Å².